The predicted octanol–water partition coefficient (Wildman–Crippen LogP) is -0.0627. The zero-order valence-electron chi connectivity index (χ0n) is 10.7. The van der Waals surface area contributed by atoms with Crippen LogP contribution >= 0.6 is 0 Å². The van der Waals surface area contributed by atoms with E-state index in [2.05, 4.69) is 14.9 Å². The van der Waals surface area contributed by atoms with E-state index >= 15 is 0 Å². The molecule has 0 saturated carbocycles. The number of hydrogen-bond donors (Lipinski definition) is 4. The molecule has 1 aromatic rings. The molecule has 1 unspecified atom stereocenters. The van der Waals surface area contributed by atoms with Crippen molar-refractivity contribution >= 4 is 16.0 Å². The van der Waals surface area contributed by atoms with Crippen LogP contribution in [0.4, 0.5) is 0 Å². The van der Waals surface area contributed by atoms with Crippen molar-refractivity contribution in [3.05, 3.63) is 11.8 Å². The Hall–Kier alpha value is -1.45. The van der Waals surface area contributed by atoms with Crippen LogP contribution in [0, 0.1) is 0 Å². The Balaban J connectivity index is 3.11. The predicted molar refractivity (Wildman–Crippen MR) is 66.3 cm³/mol. The first-order valence-corrected chi connectivity index (χ1v) is 7.15. The van der Waals surface area contributed by atoms with E-state index in [9.17, 15) is 13.2 Å². The highest BCUT2D eigenvalue weighted by Gasteiger charge is 2.32. The summed E-state index contributed by atoms with van der Waals surface area (Å²) in [4.78, 5) is 10.9. The topological polar surface area (TPSA) is 132 Å². The molecular formula is C10H17N3O5S. The second-order valence-corrected chi connectivity index (χ2v) is 6.03. The number of aromatic amines is 1. The van der Waals surface area contributed by atoms with Gasteiger partial charge in [-0.15, -0.1) is 0 Å². The van der Waals surface area contributed by atoms with Crippen molar-refractivity contribution in [2.75, 3.05) is 6.61 Å². The number of aliphatic hydroxyl groups excluding tert-OH is 1. The van der Waals surface area contributed by atoms with Gasteiger partial charge in [-0.1, -0.05) is 6.92 Å². The normalized spacial score (nSPS) is 15.1. The molecule has 0 aliphatic heterocycles. The van der Waals surface area contributed by atoms with E-state index in [1.165, 1.54) is 0 Å². The Morgan fingerprint density at radius 3 is 2.68 bits per heavy atom. The van der Waals surface area contributed by atoms with Crippen LogP contribution in [0.2, 0.25) is 0 Å². The fourth-order valence-corrected chi connectivity index (χ4v) is 3.15. The van der Waals surface area contributed by atoms with Gasteiger partial charge in [0.2, 0.25) is 0 Å². The molecule has 0 spiro atoms. The van der Waals surface area contributed by atoms with Crippen molar-refractivity contribution in [1.29, 1.82) is 0 Å². The molecule has 1 rings (SSSR count). The summed E-state index contributed by atoms with van der Waals surface area (Å²) in [6.07, 6.45) is 1.61. The van der Waals surface area contributed by atoms with E-state index < -0.39 is 32.1 Å². The largest absolute Gasteiger partial charge is 0.478 e. The summed E-state index contributed by atoms with van der Waals surface area (Å²) in [6.45, 7) is 3.22. The quantitative estimate of drug-likeness (QED) is 0.556. The van der Waals surface area contributed by atoms with Gasteiger partial charge in [-0.3, -0.25) is 5.10 Å². The number of aromatic carboxylic acids is 1. The number of carboxylic acids is 1. The van der Waals surface area contributed by atoms with Crippen LogP contribution in [-0.4, -0.2) is 46.9 Å². The number of carbonyl (C=O) groups is 1. The van der Waals surface area contributed by atoms with Crippen LogP contribution in [-0.2, 0) is 10.0 Å². The lowest BCUT2D eigenvalue weighted by atomic mass is 9.97. The third-order valence-corrected chi connectivity index (χ3v) is 4.54. The van der Waals surface area contributed by atoms with Gasteiger partial charge in [0.25, 0.3) is 10.0 Å². The second kappa shape index (κ2) is 5.68. The SMILES string of the molecule is CCC(C)(CCO)NS(=O)(=O)c1[nH]ncc1C(=O)O. The number of aromatic nitrogens is 2. The molecule has 0 aliphatic rings. The summed E-state index contributed by atoms with van der Waals surface area (Å²) >= 11 is 0. The number of aliphatic hydroxyl groups is 1. The Morgan fingerprint density at radius 1 is 1.58 bits per heavy atom. The van der Waals surface area contributed by atoms with E-state index in [0.29, 0.717) is 6.42 Å². The van der Waals surface area contributed by atoms with Crippen LogP contribution in [0.15, 0.2) is 11.2 Å². The number of nitrogens with one attached hydrogen (secondary N) is 2. The molecule has 0 aromatic carbocycles. The molecule has 1 heterocycles. The van der Waals surface area contributed by atoms with Gasteiger partial charge in [0.1, 0.15) is 5.56 Å². The van der Waals surface area contributed by atoms with Crippen molar-refractivity contribution in [2.24, 2.45) is 0 Å². The maximum Gasteiger partial charge on any atom is 0.340 e. The molecule has 19 heavy (non-hydrogen) atoms. The first-order chi connectivity index (χ1) is 8.75. The lowest BCUT2D eigenvalue weighted by Gasteiger charge is -2.28. The molecule has 0 radical (unpaired) electrons. The smallest absolute Gasteiger partial charge is 0.340 e. The molecule has 1 aromatic heterocycles. The number of sulfonamides is 1. The van der Waals surface area contributed by atoms with Crippen LogP contribution in [0.5, 0.6) is 0 Å². The fourth-order valence-electron chi connectivity index (χ4n) is 1.55. The summed E-state index contributed by atoms with van der Waals surface area (Å²) < 4.78 is 26.7. The highest BCUT2D eigenvalue weighted by Crippen LogP contribution is 2.19. The molecule has 108 valence electrons. The maximum absolute atomic E-state index is 12.1. The van der Waals surface area contributed by atoms with Crippen molar-refractivity contribution in [3.8, 4) is 0 Å². The summed E-state index contributed by atoms with van der Waals surface area (Å²) in [5.41, 5.74) is -1.27. The Kier molecular flexibility index (Phi) is 4.66. The molecule has 0 bridgehead atoms. The van der Waals surface area contributed by atoms with Crippen LogP contribution in [0.3, 0.4) is 0 Å². The summed E-state index contributed by atoms with van der Waals surface area (Å²) in [5, 5.41) is 23.0. The third-order valence-electron chi connectivity index (χ3n) is 2.93. The van der Waals surface area contributed by atoms with Gasteiger partial charge >= 0.3 is 5.97 Å². The molecule has 9 heteroatoms. The minimum absolute atomic E-state index is 0.179. The van der Waals surface area contributed by atoms with Crippen molar-refractivity contribution in [2.45, 2.75) is 37.3 Å². The highest BCUT2D eigenvalue weighted by atomic mass is 32.2. The lowest BCUT2D eigenvalue weighted by Crippen LogP contribution is -2.46. The standard InChI is InChI=1S/C10H17N3O5S/c1-3-10(2,4-5-14)13-19(17,18)8-7(9(15)16)6-11-12-8/h6,13-14H,3-5H2,1-2H3,(H,11,12)(H,15,16). The molecule has 0 aliphatic carbocycles. The number of carboxylic acid groups (broad SMARTS) is 1. The zero-order chi connectivity index (χ0) is 14.7. The van der Waals surface area contributed by atoms with E-state index in [4.69, 9.17) is 10.2 Å². The van der Waals surface area contributed by atoms with Gasteiger partial charge in [0.05, 0.1) is 6.20 Å². The fraction of sp³-hybridized carbons (Fsp3) is 0.600. The zero-order valence-corrected chi connectivity index (χ0v) is 11.5. The van der Waals surface area contributed by atoms with E-state index in [-0.39, 0.29) is 13.0 Å². The summed E-state index contributed by atoms with van der Waals surface area (Å²) in [5.74, 6) is -1.38. The molecule has 1 atom stereocenters. The van der Waals surface area contributed by atoms with Crippen molar-refractivity contribution in [3.63, 3.8) is 0 Å². The average molecular weight is 291 g/mol. The van der Waals surface area contributed by atoms with Crippen LogP contribution in [0.1, 0.15) is 37.0 Å². The van der Waals surface area contributed by atoms with E-state index in [0.717, 1.165) is 6.20 Å². The highest BCUT2D eigenvalue weighted by molar-refractivity contribution is 7.89. The molecule has 0 fully saturated rings. The summed E-state index contributed by atoms with van der Waals surface area (Å²) in [7, 11) is -4.04. The van der Waals surface area contributed by atoms with Gasteiger partial charge < -0.3 is 10.2 Å². The summed E-state index contributed by atoms with van der Waals surface area (Å²) in [6, 6.07) is 0. The minimum atomic E-state index is -4.04. The average Bonchev–Trinajstić information content (AvgIpc) is 2.78. The minimum Gasteiger partial charge on any atom is -0.478 e. The number of rotatable bonds is 7. The Bertz CT molecular complexity index is 553. The van der Waals surface area contributed by atoms with E-state index in [1.807, 2.05) is 0 Å². The van der Waals surface area contributed by atoms with Gasteiger partial charge in [0, 0.05) is 12.1 Å². The molecule has 8 nitrogen and oxygen atoms in total. The van der Waals surface area contributed by atoms with Gasteiger partial charge in [0.15, 0.2) is 5.03 Å². The van der Waals surface area contributed by atoms with Gasteiger partial charge in [-0.05, 0) is 19.8 Å². The molecular weight excluding hydrogens is 274 g/mol. The third kappa shape index (κ3) is 3.52. The molecule has 0 amide bonds. The van der Waals surface area contributed by atoms with Gasteiger partial charge in [-0.2, -0.15) is 5.10 Å². The Morgan fingerprint density at radius 2 is 2.21 bits per heavy atom. The lowest BCUT2D eigenvalue weighted by molar-refractivity contribution is 0.0692. The number of nitrogens with zero attached hydrogens (tertiary/aromatic N) is 1. The van der Waals surface area contributed by atoms with Crippen molar-refractivity contribution in [1.82, 2.24) is 14.9 Å². The molecule has 4 N–H and O–H groups in total. The van der Waals surface area contributed by atoms with E-state index in [1.54, 1.807) is 13.8 Å². The second-order valence-electron chi connectivity index (χ2n) is 4.41. The monoisotopic (exact) mass is 291 g/mol. The van der Waals surface area contributed by atoms with Crippen LogP contribution in [0.25, 0.3) is 0 Å². The van der Waals surface area contributed by atoms with Gasteiger partial charge in [-0.25, -0.2) is 17.9 Å². The maximum atomic E-state index is 12.1. The first kappa shape index (κ1) is 15.6. The number of hydrogen-bond acceptors (Lipinski definition) is 5. The van der Waals surface area contributed by atoms with Crippen LogP contribution < -0.4 is 4.72 Å². The first-order valence-electron chi connectivity index (χ1n) is 5.67. The Labute approximate surface area is 110 Å². The molecule has 0 saturated heterocycles. The number of H-pyrrole nitrogens is 1. The van der Waals surface area contributed by atoms with Crippen molar-refractivity contribution < 1.29 is 23.4 Å².